The largest absolute Gasteiger partial charge is 0.490 e. The van der Waals surface area contributed by atoms with Gasteiger partial charge in [-0.05, 0) is 76.6 Å². The van der Waals surface area contributed by atoms with Crippen molar-refractivity contribution in [1.82, 2.24) is 0 Å². The van der Waals surface area contributed by atoms with Crippen LogP contribution in [0.5, 0.6) is 5.75 Å². The fraction of sp³-hybridized carbons (Fsp3) is 0.565. The van der Waals surface area contributed by atoms with Gasteiger partial charge in [-0.2, -0.15) is 0 Å². The van der Waals surface area contributed by atoms with Crippen molar-refractivity contribution < 1.29 is 4.74 Å². The molecule has 4 rings (SSSR count). The van der Waals surface area contributed by atoms with E-state index in [0.29, 0.717) is 6.61 Å². The Bertz CT molecular complexity index is 1310. The van der Waals surface area contributed by atoms with Gasteiger partial charge in [0.25, 0.3) is 0 Å². The molecule has 0 unspecified atom stereocenters. The zero-order chi connectivity index (χ0) is 33.9. The summed E-state index contributed by atoms with van der Waals surface area (Å²) in [5, 5.41) is 0. The lowest BCUT2D eigenvalue weighted by atomic mass is 9.70. The lowest BCUT2D eigenvalue weighted by Crippen LogP contribution is -2.25. The Morgan fingerprint density at radius 1 is 0.542 bits per heavy atom. The van der Waals surface area contributed by atoms with Gasteiger partial charge in [0.1, 0.15) is 12.4 Å². The quantitative estimate of drug-likeness (QED) is 0.0594. The van der Waals surface area contributed by atoms with Gasteiger partial charge >= 0.3 is 0 Å². The van der Waals surface area contributed by atoms with E-state index in [9.17, 15) is 0 Å². The smallest absolute Gasteiger partial charge is 0.119 e. The zero-order valence-electron chi connectivity index (χ0n) is 30.6. The normalized spacial score (nSPS) is 13.0. The van der Waals surface area contributed by atoms with Crippen LogP contribution in [-0.4, -0.2) is 6.61 Å². The average molecular weight is 714 g/mol. The molecule has 2 heteroatoms. The van der Waals surface area contributed by atoms with Crippen molar-refractivity contribution in [1.29, 1.82) is 0 Å². The third kappa shape index (κ3) is 11.4. The summed E-state index contributed by atoms with van der Waals surface area (Å²) in [7, 11) is 0. The summed E-state index contributed by atoms with van der Waals surface area (Å²) in [5.41, 5.74) is 8.67. The van der Waals surface area contributed by atoms with E-state index in [-0.39, 0.29) is 5.41 Å². The molecule has 0 amide bonds. The first kappa shape index (κ1) is 38.5. The van der Waals surface area contributed by atoms with Crippen LogP contribution in [0.15, 0.2) is 77.8 Å². The van der Waals surface area contributed by atoms with Gasteiger partial charge in [-0.1, -0.05) is 201 Å². The second-order valence-electron chi connectivity index (χ2n) is 14.5. The van der Waals surface area contributed by atoms with Crippen LogP contribution in [0.2, 0.25) is 0 Å². The molecule has 0 fully saturated rings. The summed E-state index contributed by atoms with van der Waals surface area (Å²) in [6, 6.07) is 23.0. The van der Waals surface area contributed by atoms with Gasteiger partial charge in [0.2, 0.25) is 0 Å². The molecule has 0 N–H and O–H groups in total. The Labute approximate surface area is 303 Å². The molecule has 48 heavy (non-hydrogen) atoms. The Morgan fingerprint density at radius 3 is 1.48 bits per heavy atom. The van der Waals surface area contributed by atoms with E-state index < -0.39 is 0 Å². The summed E-state index contributed by atoms with van der Waals surface area (Å²) < 4.78 is 6.99. The molecule has 0 atom stereocenters. The highest BCUT2D eigenvalue weighted by molar-refractivity contribution is 9.10. The Hall–Kier alpha value is -2.32. The second-order valence-corrected chi connectivity index (χ2v) is 15.4. The first-order valence-electron chi connectivity index (χ1n) is 19.9. The van der Waals surface area contributed by atoms with Crippen LogP contribution in [-0.2, 0) is 5.41 Å². The predicted octanol–water partition coefficient (Wildman–Crippen LogP) is 15.6. The molecule has 0 aliphatic heterocycles. The molecule has 1 nitrogen and oxygen atoms in total. The lowest BCUT2D eigenvalue weighted by Gasteiger charge is -2.33. The lowest BCUT2D eigenvalue weighted by molar-refractivity contribution is 0.363. The molecular weight excluding hydrogens is 648 g/mol. The van der Waals surface area contributed by atoms with Gasteiger partial charge in [0, 0.05) is 9.89 Å². The monoisotopic (exact) mass is 712 g/mol. The van der Waals surface area contributed by atoms with Crippen molar-refractivity contribution in [2.24, 2.45) is 0 Å². The van der Waals surface area contributed by atoms with E-state index in [2.05, 4.69) is 97.0 Å². The van der Waals surface area contributed by atoms with E-state index >= 15 is 0 Å². The van der Waals surface area contributed by atoms with Crippen LogP contribution in [0.3, 0.4) is 0 Å². The molecule has 262 valence electrons. The third-order valence-electron chi connectivity index (χ3n) is 10.8. The minimum atomic E-state index is 0.0811. The minimum Gasteiger partial charge on any atom is -0.490 e. The summed E-state index contributed by atoms with van der Waals surface area (Å²) in [5.74, 6) is 0.897. The summed E-state index contributed by atoms with van der Waals surface area (Å²) in [6.45, 7) is 8.94. The standard InChI is InChI=1S/C46H65BrO/c1-4-7-9-11-13-15-17-19-21-23-33-46(34-24-22-20-18-16-14-12-10-8-5-2)44-36-39(38-25-29-41(30-26-38)48-35-6-3)27-31-42(44)43-32-28-40(47)37-45(43)46/h6,25-32,36-37H,3-5,7-24,33-35H2,1-2H3. The van der Waals surface area contributed by atoms with Gasteiger partial charge in [-0.15, -0.1) is 0 Å². The molecule has 0 heterocycles. The summed E-state index contributed by atoms with van der Waals surface area (Å²) >= 11 is 3.88. The molecule has 0 bridgehead atoms. The summed E-state index contributed by atoms with van der Waals surface area (Å²) in [6.07, 6.45) is 31.9. The van der Waals surface area contributed by atoms with Crippen LogP contribution in [0.1, 0.15) is 166 Å². The van der Waals surface area contributed by atoms with Crippen molar-refractivity contribution in [2.45, 2.75) is 161 Å². The van der Waals surface area contributed by atoms with Crippen molar-refractivity contribution >= 4 is 15.9 Å². The maximum absolute atomic E-state index is 5.79. The molecule has 0 saturated heterocycles. The van der Waals surface area contributed by atoms with E-state index in [4.69, 9.17) is 4.74 Å². The second kappa shape index (κ2) is 21.7. The molecule has 0 spiro atoms. The van der Waals surface area contributed by atoms with Crippen LogP contribution in [0, 0.1) is 0 Å². The van der Waals surface area contributed by atoms with Crippen LogP contribution >= 0.6 is 15.9 Å². The van der Waals surface area contributed by atoms with Gasteiger partial charge in [0.05, 0.1) is 0 Å². The van der Waals surface area contributed by atoms with E-state index in [1.165, 1.54) is 168 Å². The van der Waals surface area contributed by atoms with Gasteiger partial charge in [0.15, 0.2) is 0 Å². The van der Waals surface area contributed by atoms with Gasteiger partial charge in [-0.3, -0.25) is 0 Å². The first-order chi connectivity index (χ1) is 23.6. The fourth-order valence-electron chi connectivity index (χ4n) is 8.04. The highest BCUT2D eigenvalue weighted by Crippen LogP contribution is 2.55. The number of hydrogen-bond donors (Lipinski definition) is 0. The fourth-order valence-corrected chi connectivity index (χ4v) is 8.40. The van der Waals surface area contributed by atoms with E-state index in [0.717, 1.165) is 5.75 Å². The molecule has 1 aliphatic rings. The van der Waals surface area contributed by atoms with E-state index in [1.807, 2.05) is 0 Å². The molecular formula is C46H65BrO. The predicted molar refractivity (Wildman–Crippen MR) is 214 cm³/mol. The van der Waals surface area contributed by atoms with Gasteiger partial charge in [-0.25, -0.2) is 0 Å². The number of benzene rings is 3. The molecule has 0 aromatic heterocycles. The maximum atomic E-state index is 5.79. The maximum Gasteiger partial charge on any atom is 0.119 e. The number of ether oxygens (including phenoxy) is 1. The van der Waals surface area contributed by atoms with Gasteiger partial charge < -0.3 is 4.74 Å². The van der Waals surface area contributed by atoms with Crippen molar-refractivity contribution in [2.75, 3.05) is 6.61 Å². The third-order valence-corrected chi connectivity index (χ3v) is 11.3. The Morgan fingerprint density at radius 2 is 0.979 bits per heavy atom. The number of halogens is 1. The van der Waals surface area contributed by atoms with Crippen LogP contribution in [0.25, 0.3) is 22.3 Å². The summed E-state index contributed by atoms with van der Waals surface area (Å²) in [4.78, 5) is 0. The van der Waals surface area contributed by atoms with Crippen molar-refractivity contribution in [3.63, 3.8) is 0 Å². The van der Waals surface area contributed by atoms with Crippen molar-refractivity contribution in [3.05, 3.63) is 88.9 Å². The highest BCUT2D eigenvalue weighted by atomic mass is 79.9. The molecule has 0 saturated carbocycles. The zero-order valence-corrected chi connectivity index (χ0v) is 32.2. The Balaban J connectivity index is 1.50. The molecule has 3 aromatic rings. The molecule has 3 aromatic carbocycles. The van der Waals surface area contributed by atoms with Crippen LogP contribution < -0.4 is 4.74 Å². The molecule has 1 aliphatic carbocycles. The average Bonchev–Trinajstić information content (AvgIpc) is 3.37. The first-order valence-corrected chi connectivity index (χ1v) is 20.7. The number of unbranched alkanes of at least 4 members (excludes halogenated alkanes) is 18. The van der Waals surface area contributed by atoms with E-state index in [1.54, 1.807) is 17.2 Å². The molecule has 0 radical (unpaired) electrons. The minimum absolute atomic E-state index is 0.0811. The topological polar surface area (TPSA) is 9.23 Å². The van der Waals surface area contributed by atoms with Crippen molar-refractivity contribution in [3.8, 4) is 28.0 Å². The van der Waals surface area contributed by atoms with Crippen LogP contribution in [0.4, 0.5) is 0 Å². The SMILES string of the molecule is C=CCOc1ccc(-c2ccc3c(c2)C(CCCCCCCCCCCC)(CCCCCCCCCCCC)c2cc(Br)ccc2-3)cc1. The Kier molecular flexibility index (Phi) is 17.4. The number of rotatable bonds is 26. The number of hydrogen-bond acceptors (Lipinski definition) is 1. The number of fused-ring (bicyclic) bond motifs is 3. The highest BCUT2D eigenvalue weighted by Gasteiger charge is 2.42.